The molecule has 0 fully saturated rings. The molecular formula is C23H15ClF5N3O3. The summed E-state index contributed by atoms with van der Waals surface area (Å²) in [5.74, 6) is -3.35. The van der Waals surface area contributed by atoms with Crippen LogP contribution in [0.25, 0.3) is 22.6 Å². The zero-order valence-corrected chi connectivity index (χ0v) is 18.6. The number of esters is 1. The summed E-state index contributed by atoms with van der Waals surface area (Å²) in [4.78, 5) is 12.8. The Morgan fingerprint density at radius 2 is 1.83 bits per heavy atom. The summed E-state index contributed by atoms with van der Waals surface area (Å²) in [5, 5.41) is 7.25. The molecule has 4 aromatic rings. The van der Waals surface area contributed by atoms with E-state index in [-0.39, 0.29) is 22.8 Å². The normalized spacial score (nSPS) is 11.6. The van der Waals surface area contributed by atoms with E-state index < -0.39 is 58.6 Å². The molecule has 2 heterocycles. The van der Waals surface area contributed by atoms with Crippen LogP contribution >= 0.6 is 11.6 Å². The lowest BCUT2D eigenvalue weighted by Gasteiger charge is -2.13. The summed E-state index contributed by atoms with van der Waals surface area (Å²) >= 11 is 6.08. The van der Waals surface area contributed by atoms with Gasteiger partial charge in [-0.3, -0.25) is 4.68 Å². The Morgan fingerprint density at radius 1 is 1.11 bits per heavy atom. The minimum Gasteiger partial charge on any atom is -0.462 e. The SMILES string of the molecule is CCOC(=O)c1c(-c2c(F)cccc2Cl)noc1-c1cnn(Cc2ccccc2F)c1C(F)(F)F. The molecule has 4 rings (SSSR count). The van der Waals surface area contributed by atoms with Gasteiger partial charge < -0.3 is 9.26 Å². The van der Waals surface area contributed by atoms with Crippen molar-refractivity contribution in [1.29, 1.82) is 0 Å². The van der Waals surface area contributed by atoms with E-state index in [1.54, 1.807) is 0 Å². The second-order valence-electron chi connectivity index (χ2n) is 7.21. The van der Waals surface area contributed by atoms with Crippen molar-refractivity contribution in [3.63, 3.8) is 0 Å². The fraction of sp³-hybridized carbons (Fsp3) is 0.174. The summed E-state index contributed by atoms with van der Waals surface area (Å²) in [6.07, 6.45) is -4.19. The first-order chi connectivity index (χ1) is 16.6. The van der Waals surface area contributed by atoms with Crippen LogP contribution in [0.4, 0.5) is 22.0 Å². The number of ether oxygens (including phenoxy) is 1. The zero-order valence-electron chi connectivity index (χ0n) is 17.9. The highest BCUT2D eigenvalue weighted by molar-refractivity contribution is 6.33. The van der Waals surface area contributed by atoms with Crippen LogP contribution in [0.15, 0.2) is 53.2 Å². The number of benzene rings is 2. The van der Waals surface area contributed by atoms with E-state index in [0.717, 1.165) is 18.3 Å². The van der Waals surface area contributed by atoms with E-state index in [2.05, 4.69) is 10.3 Å². The molecule has 2 aromatic heterocycles. The Kier molecular flexibility index (Phi) is 6.62. The Bertz CT molecular complexity index is 1380. The van der Waals surface area contributed by atoms with Crippen LogP contribution in [0.2, 0.25) is 5.02 Å². The Morgan fingerprint density at radius 3 is 2.49 bits per heavy atom. The molecule has 35 heavy (non-hydrogen) atoms. The second-order valence-corrected chi connectivity index (χ2v) is 7.61. The molecule has 0 amide bonds. The molecule has 0 N–H and O–H groups in total. The molecule has 0 saturated heterocycles. The lowest BCUT2D eigenvalue weighted by molar-refractivity contribution is -0.143. The first-order valence-electron chi connectivity index (χ1n) is 10.1. The number of carbonyl (C=O) groups is 1. The number of hydrogen-bond donors (Lipinski definition) is 0. The highest BCUT2D eigenvalue weighted by Crippen LogP contribution is 2.42. The molecule has 12 heteroatoms. The number of carbonyl (C=O) groups excluding carboxylic acids is 1. The van der Waals surface area contributed by atoms with Crippen LogP contribution in [-0.2, 0) is 17.5 Å². The highest BCUT2D eigenvalue weighted by atomic mass is 35.5. The van der Waals surface area contributed by atoms with E-state index >= 15 is 0 Å². The summed E-state index contributed by atoms with van der Waals surface area (Å²) in [7, 11) is 0. The molecule has 0 radical (unpaired) electrons. The maximum Gasteiger partial charge on any atom is 0.433 e. The average molecular weight is 512 g/mol. The number of rotatable bonds is 6. The molecule has 0 bridgehead atoms. The van der Waals surface area contributed by atoms with Crippen LogP contribution < -0.4 is 0 Å². The van der Waals surface area contributed by atoms with Gasteiger partial charge in [0.25, 0.3) is 0 Å². The van der Waals surface area contributed by atoms with Gasteiger partial charge in [-0.1, -0.05) is 41.0 Å². The van der Waals surface area contributed by atoms with Crippen LogP contribution in [0.5, 0.6) is 0 Å². The predicted octanol–water partition coefficient (Wildman–Crippen LogP) is 6.38. The number of halogens is 6. The van der Waals surface area contributed by atoms with Crippen molar-refractivity contribution in [1.82, 2.24) is 14.9 Å². The van der Waals surface area contributed by atoms with Crippen LogP contribution in [0.1, 0.15) is 28.5 Å². The van der Waals surface area contributed by atoms with Gasteiger partial charge in [-0.25, -0.2) is 13.6 Å². The topological polar surface area (TPSA) is 70.2 Å². The molecule has 0 saturated carbocycles. The summed E-state index contributed by atoms with van der Waals surface area (Å²) < 4.78 is 81.8. The molecule has 0 unspecified atom stereocenters. The van der Waals surface area contributed by atoms with Gasteiger partial charge in [0.2, 0.25) is 0 Å². The first-order valence-corrected chi connectivity index (χ1v) is 10.5. The van der Waals surface area contributed by atoms with Gasteiger partial charge in [-0.05, 0) is 25.1 Å². The molecule has 0 aliphatic heterocycles. The van der Waals surface area contributed by atoms with Crippen molar-refractivity contribution < 1.29 is 36.0 Å². The number of nitrogens with zero attached hydrogens (tertiary/aromatic N) is 3. The van der Waals surface area contributed by atoms with Gasteiger partial charge in [0, 0.05) is 5.56 Å². The number of hydrogen-bond acceptors (Lipinski definition) is 5. The molecular weight excluding hydrogens is 497 g/mol. The van der Waals surface area contributed by atoms with Crippen LogP contribution in [-0.4, -0.2) is 27.5 Å². The second kappa shape index (κ2) is 9.49. The molecule has 0 atom stereocenters. The average Bonchev–Trinajstić information content (AvgIpc) is 3.40. The summed E-state index contributed by atoms with van der Waals surface area (Å²) in [6, 6.07) is 8.94. The molecule has 0 aliphatic carbocycles. The van der Waals surface area contributed by atoms with Crippen molar-refractivity contribution >= 4 is 17.6 Å². The lowest BCUT2D eigenvalue weighted by atomic mass is 10.0. The van der Waals surface area contributed by atoms with Crippen molar-refractivity contribution in [3.05, 3.63) is 82.1 Å². The maximum atomic E-state index is 14.6. The molecule has 2 aromatic carbocycles. The minimum absolute atomic E-state index is 0.0466. The summed E-state index contributed by atoms with van der Waals surface area (Å²) in [6.45, 7) is 0.789. The number of aromatic nitrogens is 3. The third kappa shape index (κ3) is 4.63. The smallest absolute Gasteiger partial charge is 0.433 e. The molecule has 0 spiro atoms. The van der Waals surface area contributed by atoms with Crippen molar-refractivity contribution in [2.24, 2.45) is 0 Å². The molecule has 6 nitrogen and oxygen atoms in total. The maximum absolute atomic E-state index is 14.6. The standard InChI is InChI=1S/C23H15ClF5N3O3/c1-2-34-22(33)18-19(17-14(24)7-5-9-16(17)26)31-35-20(18)13-10-30-32(21(13)23(27,28)29)11-12-6-3-4-8-15(12)25/h3-10H,2,11H2,1H3. The van der Waals surface area contributed by atoms with Crippen molar-refractivity contribution in [3.8, 4) is 22.6 Å². The van der Waals surface area contributed by atoms with Crippen molar-refractivity contribution in [2.75, 3.05) is 6.61 Å². The Balaban J connectivity index is 1.93. The number of alkyl halides is 3. The third-order valence-corrected chi connectivity index (χ3v) is 5.32. The highest BCUT2D eigenvalue weighted by Gasteiger charge is 2.42. The van der Waals surface area contributed by atoms with Gasteiger partial charge in [-0.15, -0.1) is 0 Å². The quantitative estimate of drug-likeness (QED) is 0.222. The van der Waals surface area contributed by atoms with E-state index in [4.69, 9.17) is 20.9 Å². The third-order valence-electron chi connectivity index (χ3n) is 5.00. The molecule has 0 aliphatic rings. The van der Waals surface area contributed by atoms with E-state index in [9.17, 15) is 26.7 Å². The Labute approximate surface area is 199 Å². The lowest BCUT2D eigenvalue weighted by Crippen LogP contribution is -2.17. The van der Waals surface area contributed by atoms with Crippen LogP contribution in [0.3, 0.4) is 0 Å². The fourth-order valence-corrected chi connectivity index (χ4v) is 3.77. The fourth-order valence-electron chi connectivity index (χ4n) is 3.52. The van der Waals surface area contributed by atoms with Gasteiger partial charge in [0.05, 0.1) is 35.5 Å². The van der Waals surface area contributed by atoms with E-state index in [1.807, 2.05) is 0 Å². The van der Waals surface area contributed by atoms with Gasteiger partial charge in [-0.2, -0.15) is 18.3 Å². The Hall–Kier alpha value is -3.73. The zero-order chi connectivity index (χ0) is 25.3. The van der Waals surface area contributed by atoms with E-state index in [1.165, 1.54) is 37.3 Å². The van der Waals surface area contributed by atoms with Gasteiger partial charge in [0.15, 0.2) is 11.5 Å². The first kappa shape index (κ1) is 24.4. The predicted molar refractivity (Wildman–Crippen MR) is 115 cm³/mol. The summed E-state index contributed by atoms with van der Waals surface area (Å²) in [5.41, 5.74) is -3.38. The monoisotopic (exact) mass is 511 g/mol. The van der Waals surface area contributed by atoms with Crippen LogP contribution in [0, 0.1) is 11.6 Å². The van der Waals surface area contributed by atoms with Gasteiger partial charge >= 0.3 is 12.1 Å². The van der Waals surface area contributed by atoms with Gasteiger partial charge in [0.1, 0.15) is 22.9 Å². The molecule has 182 valence electrons. The largest absolute Gasteiger partial charge is 0.462 e. The van der Waals surface area contributed by atoms with Crippen molar-refractivity contribution in [2.45, 2.75) is 19.6 Å². The van der Waals surface area contributed by atoms with E-state index in [0.29, 0.717) is 4.68 Å². The minimum atomic E-state index is -4.99.